The third-order valence-corrected chi connectivity index (χ3v) is 6.18. The molecule has 35 heavy (non-hydrogen) atoms. The lowest BCUT2D eigenvalue weighted by molar-refractivity contribution is 0.238. The normalized spacial score (nSPS) is 14.1. The molecule has 0 aliphatic carbocycles. The average molecular weight is 476 g/mol. The molecule has 5 heteroatoms. The predicted octanol–water partition coefficient (Wildman–Crippen LogP) is 5.21. The molecule has 1 heterocycles. The van der Waals surface area contributed by atoms with E-state index in [1.165, 1.54) is 31.5 Å². The van der Waals surface area contributed by atoms with Crippen LogP contribution in [-0.2, 0) is 0 Å². The summed E-state index contributed by atoms with van der Waals surface area (Å²) in [6.45, 7) is 4.17. The van der Waals surface area contributed by atoms with E-state index in [1.54, 1.807) is 12.1 Å². The monoisotopic (exact) mass is 475 g/mol. The Labute approximate surface area is 208 Å². The SMILES string of the molecule is CO.OCCC/C(=C(\c1ccc(O)cc1)c1ccc(OCCN2CCCC2)cc1)c1ccccc1. The largest absolute Gasteiger partial charge is 0.508 e. The van der Waals surface area contributed by atoms with Crippen LogP contribution in [0.5, 0.6) is 11.5 Å². The van der Waals surface area contributed by atoms with Crippen LogP contribution >= 0.6 is 0 Å². The molecule has 0 aromatic heterocycles. The number of hydrogen-bond acceptors (Lipinski definition) is 5. The summed E-state index contributed by atoms with van der Waals surface area (Å²) in [5.74, 6) is 1.12. The van der Waals surface area contributed by atoms with E-state index < -0.39 is 0 Å². The van der Waals surface area contributed by atoms with Crippen molar-refractivity contribution in [1.29, 1.82) is 0 Å². The van der Waals surface area contributed by atoms with Gasteiger partial charge in [0.05, 0.1) is 0 Å². The molecule has 3 aromatic rings. The molecule has 1 saturated heterocycles. The number of hydrogen-bond donors (Lipinski definition) is 3. The zero-order valence-corrected chi connectivity index (χ0v) is 20.6. The van der Waals surface area contributed by atoms with E-state index in [-0.39, 0.29) is 12.4 Å². The second kappa shape index (κ2) is 14.3. The maximum atomic E-state index is 9.83. The first-order valence-electron chi connectivity index (χ1n) is 12.3. The molecule has 0 spiro atoms. The second-order valence-electron chi connectivity index (χ2n) is 8.52. The van der Waals surface area contributed by atoms with Crippen molar-refractivity contribution in [2.45, 2.75) is 25.7 Å². The number of aliphatic hydroxyl groups excluding tert-OH is 2. The van der Waals surface area contributed by atoms with Gasteiger partial charge in [0.1, 0.15) is 18.1 Å². The Morgan fingerprint density at radius 1 is 0.800 bits per heavy atom. The lowest BCUT2D eigenvalue weighted by Crippen LogP contribution is -2.25. The van der Waals surface area contributed by atoms with Crippen molar-refractivity contribution in [2.75, 3.05) is 40.0 Å². The molecular weight excluding hydrogens is 438 g/mol. The highest BCUT2D eigenvalue weighted by Crippen LogP contribution is 2.36. The zero-order valence-electron chi connectivity index (χ0n) is 20.6. The molecule has 3 N–H and O–H groups in total. The van der Waals surface area contributed by atoms with Gasteiger partial charge in [-0.1, -0.05) is 54.6 Å². The van der Waals surface area contributed by atoms with Crippen LogP contribution in [0.25, 0.3) is 11.1 Å². The summed E-state index contributed by atoms with van der Waals surface area (Å²) in [7, 11) is 1.00. The van der Waals surface area contributed by atoms with Crippen molar-refractivity contribution in [3.63, 3.8) is 0 Å². The van der Waals surface area contributed by atoms with Crippen LogP contribution < -0.4 is 4.74 Å². The molecule has 0 radical (unpaired) electrons. The van der Waals surface area contributed by atoms with Gasteiger partial charge in [-0.3, -0.25) is 4.90 Å². The van der Waals surface area contributed by atoms with Crippen LogP contribution in [-0.4, -0.2) is 60.2 Å². The topological polar surface area (TPSA) is 73.2 Å². The summed E-state index contributed by atoms with van der Waals surface area (Å²) in [5, 5.41) is 26.4. The van der Waals surface area contributed by atoms with Crippen molar-refractivity contribution in [1.82, 2.24) is 4.90 Å². The number of rotatable bonds is 10. The summed E-state index contributed by atoms with van der Waals surface area (Å²) in [5.41, 5.74) is 5.55. The number of nitrogens with zero attached hydrogens (tertiary/aromatic N) is 1. The highest BCUT2D eigenvalue weighted by molar-refractivity contribution is 5.98. The lowest BCUT2D eigenvalue weighted by Gasteiger charge is -2.18. The summed E-state index contributed by atoms with van der Waals surface area (Å²) in [6.07, 6.45) is 4.02. The molecule has 0 atom stereocenters. The summed E-state index contributed by atoms with van der Waals surface area (Å²) in [6, 6.07) is 26.0. The number of likely N-dealkylation sites (tertiary alicyclic amines) is 1. The number of aliphatic hydroxyl groups is 2. The van der Waals surface area contributed by atoms with Gasteiger partial charge in [-0.05, 0) is 90.9 Å². The van der Waals surface area contributed by atoms with Crippen molar-refractivity contribution in [3.8, 4) is 11.5 Å². The van der Waals surface area contributed by atoms with E-state index in [0.717, 1.165) is 48.1 Å². The van der Waals surface area contributed by atoms with Crippen molar-refractivity contribution < 1.29 is 20.1 Å². The number of phenolic OH excluding ortho intramolecular Hbond substituents is 1. The molecule has 1 fully saturated rings. The molecule has 0 amide bonds. The van der Waals surface area contributed by atoms with Gasteiger partial charge in [-0.25, -0.2) is 0 Å². The fraction of sp³-hybridized carbons (Fsp3) is 0.333. The highest BCUT2D eigenvalue weighted by atomic mass is 16.5. The number of allylic oxidation sites excluding steroid dienone is 1. The summed E-state index contributed by atoms with van der Waals surface area (Å²) >= 11 is 0. The Bertz CT molecular complexity index is 1020. The van der Waals surface area contributed by atoms with E-state index in [2.05, 4.69) is 29.2 Å². The molecule has 0 saturated carbocycles. The van der Waals surface area contributed by atoms with Gasteiger partial charge >= 0.3 is 0 Å². The van der Waals surface area contributed by atoms with E-state index in [0.29, 0.717) is 13.0 Å². The molecule has 5 nitrogen and oxygen atoms in total. The van der Waals surface area contributed by atoms with Crippen LogP contribution in [0.3, 0.4) is 0 Å². The predicted molar refractivity (Wildman–Crippen MR) is 143 cm³/mol. The van der Waals surface area contributed by atoms with E-state index >= 15 is 0 Å². The molecule has 1 aliphatic heterocycles. The van der Waals surface area contributed by atoms with Gasteiger partial charge in [-0.15, -0.1) is 0 Å². The first-order valence-corrected chi connectivity index (χ1v) is 12.3. The Balaban J connectivity index is 0.00000167. The van der Waals surface area contributed by atoms with E-state index in [9.17, 15) is 10.2 Å². The molecule has 4 rings (SSSR count). The summed E-state index contributed by atoms with van der Waals surface area (Å²) in [4.78, 5) is 2.45. The van der Waals surface area contributed by atoms with Gasteiger partial charge in [0.15, 0.2) is 0 Å². The average Bonchev–Trinajstić information content (AvgIpc) is 3.43. The van der Waals surface area contributed by atoms with Crippen molar-refractivity contribution in [3.05, 3.63) is 95.6 Å². The minimum absolute atomic E-state index is 0.142. The zero-order chi connectivity index (χ0) is 24.9. The standard InChI is InChI=1S/C29H33NO3.CH4O/c31-21-6-9-28(23-7-2-1-3-8-23)29(24-10-14-26(32)15-11-24)25-12-16-27(17-13-25)33-22-20-30-18-4-5-19-30;1-2/h1-3,7-8,10-17,31-32H,4-6,9,18-22H2;2H,1H3/b29-28-;. The van der Waals surface area contributed by atoms with Crippen LogP contribution in [0.15, 0.2) is 78.9 Å². The Kier molecular flexibility index (Phi) is 10.8. The minimum Gasteiger partial charge on any atom is -0.508 e. The summed E-state index contributed by atoms with van der Waals surface area (Å²) < 4.78 is 6.01. The first-order chi connectivity index (χ1) is 17.2. The maximum Gasteiger partial charge on any atom is 0.119 e. The fourth-order valence-corrected chi connectivity index (χ4v) is 4.47. The third-order valence-electron chi connectivity index (χ3n) is 6.18. The Morgan fingerprint density at radius 2 is 1.40 bits per heavy atom. The van der Waals surface area contributed by atoms with Crippen molar-refractivity contribution in [2.24, 2.45) is 0 Å². The molecule has 1 aliphatic rings. The lowest BCUT2D eigenvalue weighted by atomic mass is 9.87. The van der Waals surface area contributed by atoms with Crippen LogP contribution in [0.4, 0.5) is 0 Å². The number of benzene rings is 3. The molecule has 186 valence electrons. The van der Waals surface area contributed by atoms with Gasteiger partial charge < -0.3 is 20.1 Å². The number of phenols is 1. The second-order valence-corrected chi connectivity index (χ2v) is 8.52. The van der Waals surface area contributed by atoms with Gasteiger partial charge in [0.25, 0.3) is 0 Å². The van der Waals surface area contributed by atoms with Crippen molar-refractivity contribution >= 4 is 11.1 Å². The minimum atomic E-state index is 0.142. The highest BCUT2D eigenvalue weighted by Gasteiger charge is 2.15. The maximum absolute atomic E-state index is 9.83. The fourth-order valence-electron chi connectivity index (χ4n) is 4.47. The number of ether oxygens (including phenoxy) is 1. The van der Waals surface area contributed by atoms with Crippen LogP contribution in [0, 0.1) is 0 Å². The molecular formula is C30H37NO4. The van der Waals surface area contributed by atoms with Crippen LogP contribution in [0.2, 0.25) is 0 Å². The Hall–Kier alpha value is -3.12. The quantitative estimate of drug-likeness (QED) is 0.351. The molecule has 0 unspecified atom stereocenters. The van der Waals surface area contributed by atoms with Gasteiger partial charge in [0, 0.05) is 20.3 Å². The third kappa shape index (κ3) is 7.69. The number of aromatic hydroxyl groups is 1. The molecule has 3 aromatic carbocycles. The van der Waals surface area contributed by atoms with Gasteiger partial charge in [0.2, 0.25) is 0 Å². The molecule has 0 bridgehead atoms. The first kappa shape index (κ1) is 26.5. The van der Waals surface area contributed by atoms with E-state index in [1.807, 2.05) is 42.5 Å². The smallest absolute Gasteiger partial charge is 0.119 e. The Morgan fingerprint density at radius 3 is 2.00 bits per heavy atom. The van der Waals surface area contributed by atoms with E-state index in [4.69, 9.17) is 9.84 Å². The van der Waals surface area contributed by atoms with Crippen LogP contribution in [0.1, 0.15) is 42.4 Å². The van der Waals surface area contributed by atoms with Gasteiger partial charge in [-0.2, -0.15) is 0 Å².